The average molecular weight is 401 g/mol. The Bertz CT molecular complexity index is 875. The number of carbonyl (C=O) groups excluding carboxylic acids is 1. The summed E-state index contributed by atoms with van der Waals surface area (Å²) in [4.78, 5) is 16.4. The van der Waals surface area contributed by atoms with Crippen molar-refractivity contribution in [3.63, 3.8) is 0 Å². The maximum atomic E-state index is 15.6. The van der Waals surface area contributed by atoms with Crippen molar-refractivity contribution in [3.8, 4) is 0 Å². The van der Waals surface area contributed by atoms with Gasteiger partial charge in [-0.2, -0.15) is 0 Å². The summed E-state index contributed by atoms with van der Waals surface area (Å²) in [6.07, 6.45) is 0.628. The van der Waals surface area contributed by atoms with Gasteiger partial charge in [-0.3, -0.25) is 9.78 Å². The van der Waals surface area contributed by atoms with Crippen LogP contribution in [0.2, 0.25) is 5.02 Å². The monoisotopic (exact) mass is 400 g/mol. The Hall–Kier alpha value is -2.16. The molecule has 3 N–H and O–H groups in total. The maximum Gasteiger partial charge on any atom is 0.262 e. The van der Waals surface area contributed by atoms with Crippen LogP contribution in [-0.2, 0) is 22.6 Å². The van der Waals surface area contributed by atoms with Gasteiger partial charge in [0, 0.05) is 28.9 Å². The summed E-state index contributed by atoms with van der Waals surface area (Å²) in [6.45, 7) is -1.27. The standard InChI is InChI=1S/C18H16ClF3N2O3/c19-10-6-13(20)11(14(21)7-10)8-24-16(26)18(22)4-3-17(27,9-25)15-12(18)2-1-5-23-15/h1-2,5-7,25,27H,3-4,8-9H2,(H,24,26)/t17-,18+/m1/s1. The summed E-state index contributed by atoms with van der Waals surface area (Å²) in [7, 11) is 0. The van der Waals surface area contributed by atoms with Gasteiger partial charge in [-0.25, -0.2) is 13.2 Å². The second kappa shape index (κ2) is 7.10. The third-order valence-corrected chi connectivity index (χ3v) is 4.93. The number of benzene rings is 1. The lowest BCUT2D eigenvalue weighted by atomic mass is 9.74. The number of rotatable bonds is 4. The van der Waals surface area contributed by atoms with Crippen molar-refractivity contribution < 1.29 is 28.2 Å². The fourth-order valence-electron chi connectivity index (χ4n) is 3.17. The lowest BCUT2D eigenvalue weighted by Gasteiger charge is -2.38. The Labute approximate surface area is 157 Å². The molecule has 2 aromatic rings. The van der Waals surface area contributed by atoms with E-state index in [0.29, 0.717) is 0 Å². The fourth-order valence-corrected chi connectivity index (χ4v) is 3.36. The number of aromatic nitrogens is 1. The third kappa shape index (κ3) is 3.40. The summed E-state index contributed by atoms with van der Waals surface area (Å²) >= 11 is 5.55. The number of nitrogens with one attached hydrogen (secondary N) is 1. The number of halogens is 4. The SMILES string of the molecule is O=C(NCc1c(F)cc(Cl)cc1F)[C@]1(F)CC[C@@](O)(CO)c2ncccc21. The molecule has 27 heavy (non-hydrogen) atoms. The normalized spacial score (nSPS) is 24.4. The van der Waals surface area contributed by atoms with Gasteiger partial charge in [0.25, 0.3) is 5.91 Å². The van der Waals surface area contributed by atoms with Gasteiger partial charge >= 0.3 is 0 Å². The van der Waals surface area contributed by atoms with Crippen LogP contribution < -0.4 is 5.32 Å². The van der Waals surface area contributed by atoms with E-state index in [1.807, 2.05) is 0 Å². The quantitative estimate of drug-likeness (QED) is 0.736. The molecule has 1 aliphatic carbocycles. The molecule has 144 valence electrons. The van der Waals surface area contributed by atoms with E-state index in [1.54, 1.807) is 0 Å². The van der Waals surface area contributed by atoms with Gasteiger partial charge in [-0.1, -0.05) is 17.7 Å². The molecule has 0 bridgehead atoms. The van der Waals surface area contributed by atoms with E-state index in [-0.39, 0.29) is 22.7 Å². The highest BCUT2D eigenvalue weighted by Crippen LogP contribution is 2.45. The van der Waals surface area contributed by atoms with Crippen LogP contribution in [-0.4, -0.2) is 27.7 Å². The van der Waals surface area contributed by atoms with Crippen LogP contribution in [0, 0.1) is 11.6 Å². The Morgan fingerprint density at radius 2 is 1.96 bits per heavy atom. The molecular formula is C18H16ClF3N2O3. The first-order valence-corrected chi connectivity index (χ1v) is 8.49. The number of aliphatic hydroxyl groups is 2. The topological polar surface area (TPSA) is 82.5 Å². The molecule has 0 saturated heterocycles. The van der Waals surface area contributed by atoms with Crippen LogP contribution in [0.25, 0.3) is 0 Å². The van der Waals surface area contributed by atoms with E-state index in [4.69, 9.17) is 11.6 Å². The first-order valence-electron chi connectivity index (χ1n) is 8.11. The Balaban J connectivity index is 1.88. The Morgan fingerprint density at radius 1 is 1.30 bits per heavy atom. The smallest absolute Gasteiger partial charge is 0.262 e. The molecule has 9 heteroatoms. The minimum absolute atomic E-state index is 0.139. The van der Waals surface area contributed by atoms with Gasteiger partial charge in [-0.05, 0) is 31.0 Å². The van der Waals surface area contributed by atoms with Crippen LogP contribution in [0.1, 0.15) is 29.7 Å². The number of amides is 1. The molecule has 0 aliphatic heterocycles. The van der Waals surface area contributed by atoms with Crippen molar-refractivity contribution >= 4 is 17.5 Å². The highest BCUT2D eigenvalue weighted by Gasteiger charge is 2.51. The molecule has 2 atom stereocenters. The lowest BCUT2D eigenvalue weighted by molar-refractivity contribution is -0.138. The molecule has 0 saturated carbocycles. The van der Waals surface area contributed by atoms with E-state index >= 15 is 4.39 Å². The highest BCUT2D eigenvalue weighted by atomic mass is 35.5. The third-order valence-electron chi connectivity index (χ3n) is 4.71. The number of carbonyl (C=O) groups is 1. The van der Waals surface area contributed by atoms with Crippen molar-refractivity contribution in [3.05, 3.63) is 63.9 Å². The van der Waals surface area contributed by atoms with Crippen LogP contribution >= 0.6 is 11.6 Å². The molecule has 1 aromatic carbocycles. The number of hydrogen-bond donors (Lipinski definition) is 3. The second-order valence-corrected chi connectivity index (χ2v) is 6.86. The van der Waals surface area contributed by atoms with Crippen LogP contribution in [0.3, 0.4) is 0 Å². The molecule has 0 fully saturated rings. The average Bonchev–Trinajstić information content (AvgIpc) is 2.64. The van der Waals surface area contributed by atoms with E-state index in [0.717, 1.165) is 12.1 Å². The van der Waals surface area contributed by atoms with Gasteiger partial charge in [0.1, 0.15) is 17.2 Å². The van der Waals surface area contributed by atoms with E-state index in [2.05, 4.69) is 10.3 Å². The molecule has 5 nitrogen and oxygen atoms in total. The molecular weight excluding hydrogens is 385 g/mol. The van der Waals surface area contributed by atoms with Crippen LogP contribution in [0.15, 0.2) is 30.5 Å². The Morgan fingerprint density at radius 3 is 2.59 bits per heavy atom. The first kappa shape index (κ1) is 19.6. The summed E-state index contributed by atoms with van der Waals surface area (Å²) in [5, 5.41) is 21.9. The molecule has 1 aromatic heterocycles. The second-order valence-electron chi connectivity index (χ2n) is 6.42. The van der Waals surface area contributed by atoms with Gasteiger partial charge in [0.15, 0.2) is 0 Å². The largest absolute Gasteiger partial charge is 0.393 e. The zero-order chi connectivity index (χ0) is 19.8. The van der Waals surface area contributed by atoms with Gasteiger partial charge < -0.3 is 15.5 Å². The number of alkyl halides is 1. The zero-order valence-corrected chi connectivity index (χ0v) is 14.7. The van der Waals surface area contributed by atoms with Gasteiger partial charge in [-0.15, -0.1) is 0 Å². The fraction of sp³-hybridized carbons (Fsp3) is 0.333. The first-order chi connectivity index (χ1) is 12.7. The van der Waals surface area contributed by atoms with Crippen molar-refractivity contribution in [2.45, 2.75) is 30.7 Å². The zero-order valence-electron chi connectivity index (χ0n) is 14.0. The number of pyridine rings is 1. The molecule has 1 aliphatic rings. The maximum absolute atomic E-state index is 15.6. The summed E-state index contributed by atoms with van der Waals surface area (Å²) in [5.41, 5.74) is -5.11. The molecule has 1 heterocycles. The molecule has 0 radical (unpaired) electrons. The van der Waals surface area contributed by atoms with E-state index in [1.165, 1.54) is 18.3 Å². The van der Waals surface area contributed by atoms with Gasteiger partial charge in [0.2, 0.25) is 5.67 Å². The van der Waals surface area contributed by atoms with E-state index in [9.17, 15) is 23.8 Å². The number of fused-ring (bicyclic) bond motifs is 1. The lowest BCUT2D eigenvalue weighted by Crippen LogP contribution is -2.49. The van der Waals surface area contributed by atoms with Crippen molar-refractivity contribution in [1.82, 2.24) is 10.3 Å². The van der Waals surface area contributed by atoms with Crippen molar-refractivity contribution in [2.75, 3.05) is 6.61 Å². The van der Waals surface area contributed by atoms with Gasteiger partial charge in [0.05, 0.1) is 12.3 Å². The summed E-state index contributed by atoms with van der Waals surface area (Å²) in [5.74, 6) is -3.05. The Kier molecular flexibility index (Phi) is 5.16. The van der Waals surface area contributed by atoms with Crippen molar-refractivity contribution in [1.29, 1.82) is 0 Å². The van der Waals surface area contributed by atoms with Crippen LogP contribution in [0.4, 0.5) is 13.2 Å². The predicted molar refractivity (Wildman–Crippen MR) is 90.5 cm³/mol. The summed E-state index contributed by atoms with van der Waals surface area (Å²) in [6, 6.07) is 4.45. The van der Waals surface area contributed by atoms with E-state index < -0.39 is 53.9 Å². The number of nitrogens with zero attached hydrogens (tertiary/aromatic N) is 1. The minimum Gasteiger partial charge on any atom is -0.393 e. The molecule has 0 unspecified atom stereocenters. The number of aliphatic hydroxyl groups excluding tert-OH is 1. The number of hydrogen-bond acceptors (Lipinski definition) is 4. The highest BCUT2D eigenvalue weighted by molar-refractivity contribution is 6.30. The van der Waals surface area contributed by atoms with Crippen molar-refractivity contribution in [2.24, 2.45) is 0 Å². The predicted octanol–water partition coefficient (Wildman–Crippen LogP) is 2.47. The summed E-state index contributed by atoms with van der Waals surface area (Å²) < 4.78 is 43.2. The molecule has 3 rings (SSSR count). The molecule has 1 amide bonds. The molecule has 0 spiro atoms. The minimum atomic E-state index is -2.57. The van der Waals surface area contributed by atoms with Crippen LogP contribution in [0.5, 0.6) is 0 Å².